The molecule has 3 aromatic rings. The van der Waals surface area contributed by atoms with Crippen molar-refractivity contribution in [2.75, 3.05) is 27.3 Å². The summed E-state index contributed by atoms with van der Waals surface area (Å²) in [6.07, 6.45) is 0.804. The molecule has 0 saturated carbocycles. The molecule has 2 amide bonds. The molecule has 0 aliphatic rings. The third-order valence-corrected chi connectivity index (χ3v) is 6.35. The predicted octanol–water partition coefficient (Wildman–Crippen LogP) is 3.80. The van der Waals surface area contributed by atoms with Gasteiger partial charge in [0.1, 0.15) is 24.7 Å². The maximum atomic E-state index is 13.0. The summed E-state index contributed by atoms with van der Waals surface area (Å²) < 4.78 is 22.4. The number of carbonyl (C=O) groups is 4. The van der Waals surface area contributed by atoms with Crippen molar-refractivity contribution in [3.63, 3.8) is 0 Å². The topological polar surface area (TPSA) is 149 Å². The van der Waals surface area contributed by atoms with Crippen LogP contribution in [0.3, 0.4) is 0 Å². The van der Waals surface area contributed by atoms with Crippen molar-refractivity contribution in [2.45, 2.75) is 26.1 Å². The molecule has 222 valence electrons. The second-order valence-corrected chi connectivity index (χ2v) is 9.26. The highest BCUT2D eigenvalue weighted by atomic mass is 35.5. The zero-order valence-electron chi connectivity index (χ0n) is 23.1. The first-order chi connectivity index (χ1) is 20.2. The molecule has 0 bridgehead atoms. The molecule has 0 fully saturated rings. The number of hydrogen-bond acceptors (Lipinski definition) is 8. The lowest BCUT2D eigenvalue weighted by Gasteiger charge is -2.17. The molecule has 0 heterocycles. The van der Waals surface area contributed by atoms with Crippen LogP contribution in [0.5, 0.6) is 23.0 Å². The van der Waals surface area contributed by atoms with Crippen LogP contribution in [0.2, 0.25) is 5.02 Å². The van der Waals surface area contributed by atoms with Crippen LogP contribution in [0, 0.1) is 0 Å². The van der Waals surface area contributed by atoms with Gasteiger partial charge in [-0.25, -0.2) is 4.79 Å². The number of ether oxygens (including phenoxy) is 4. The van der Waals surface area contributed by atoms with Gasteiger partial charge in [0.25, 0.3) is 11.7 Å². The Bertz CT molecular complexity index is 1390. The molecule has 0 saturated heterocycles. The van der Waals surface area contributed by atoms with Crippen molar-refractivity contribution in [3.05, 3.63) is 82.4 Å². The van der Waals surface area contributed by atoms with Crippen molar-refractivity contribution >= 4 is 35.2 Å². The lowest BCUT2D eigenvalue weighted by molar-refractivity contribution is -0.150. The number of amides is 2. The Morgan fingerprint density at radius 2 is 1.21 bits per heavy atom. The Morgan fingerprint density at radius 3 is 1.71 bits per heavy atom. The predicted molar refractivity (Wildman–Crippen MR) is 153 cm³/mol. The van der Waals surface area contributed by atoms with Crippen LogP contribution in [0.4, 0.5) is 0 Å². The fourth-order valence-electron chi connectivity index (χ4n) is 3.65. The zero-order chi connectivity index (χ0) is 30.5. The first kappa shape index (κ1) is 31.8. The number of carbonyl (C=O) groups excluding carboxylic acids is 3. The number of ketones is 1. The van der Waals surface area contributed by atoms with E-state index in [0.717, 1.165) is 11.1 Å². The van der Waals surface area contributed by atoms with E-state index in [9.17, 15) is 19.2 Å². The number of methoxy groups -OCH3 is 2. The molecule has 0 radical (unpaired) electrons. The SMILES string of the molecule is COc1ccc(COc2ccc(C(=O)C(=O)NCCCCNC(=O)C(=O)O)c(Cl)c2OCc2ccc(OC)cc2)cc1. The smallest absolute Gasteiger partial charge is 0.394 e. The Labute approximate surface area is 247 Å². The van der Waals surface area contributed by atoms with Gasteiger partial charge >= 0.3 is 11.9 Å². The summed E-state index contributed by atoms with van der Waals surface area (Å²) in [5, 5.41) is 13.2. The molecule has 3 N–H and O–H groups in total. The summed E-state index contributed by atoms with van der Waals surface area (Å²) >= 11 is 6.62. The van der Waals surface area contributed by atoms with Gasteiger partial charge in [-0.3, -0.25) is 14.4 Å². The quantitative estimate of drug-likeness (QED) is 0.135. The van der Waals surface area contributed by atoms with Crippen LogP contribution < -0.4 is 29.6 Å². The number of unbranched alkanes of at least 4 members (excludes halogenated alkanes) is 1. The Kier molecular flexibility index (Phi) is 12.0. The average Bonchev–Trinajstić information content (AvgIpc) is 3.01. The van der Waals surface area contributed by atoms with Gasteiger partial charge in [0.05, 0.1) is 24.8 Å². The third kappa shape index (κ3) is 9.13. The molecule has 3 aromatic carbocycles. The normalized spacial score (nSPS) is 10.4. The summed E-state index contributed by atoms with van der Waals surface area (Å²) in [4.78, 5) is 47.1. The molecular formula is C30H31ClN2O9. The van der Waals surface area contributed by atoms with Crippen LogP contribution in [0.25, 0.3) is 0 Å². The number of carboxylic acid groups (broad SMARTS) is 1. The number of benzene rings is 3. The number of rotatable bonds is 15. The number of aliphatic carboxylic acids is 1. The lowest BCUT2D eigenvalue weighted by atomic mass is 10.1. The average molecular weight is 599 g/mol. The monoisotopic (exact) mass is 598 g/mol. The molecule has 3 rings (SSSR count). The fourth-order valence-corrected chi connectivity index (χ4v) is 3.95. The van der Waals surface area contributed by atoms with Gasteiger partial charge in [-0.1, -0.05) is 35.9 Å². The second-order valence-electron chi connectivity index (χ2n) is 8.88. The van der Waals surface area contributed by atoms with E-state index in [2.05, 4.69) is 10.6 Å². The maximum Gasteiger partial charge on any atom is 0.394 e. The first-order valence-electron chi connectivity index (χ1n) is 12.9. The highest BCUT2D eigenvalue weighted by Gasteiger charge is 2.24. The van der Waals surface area contributed by atoms with Gasteiger partial charge in [0.2, 0.25) is 0 Å². The second kappa shape index (κ2) is 15.9. The van der Waals surface area contributed by atoms with E-state index in [4.69, 9.17) is 35.7 Å². The molecule has 42 heavy (non-hydrogen) atoms. The zero-order valence-corrected chi connectivity index (χ0v) is 23.9. The van der Waals surface area contributed by atoms with Crippen LogP contribution in [-0.4, -0.2) is 56.0 Å². The minimum Gasteiger partial charge on any atom is -0.497 e. The third-order valence-electron chi connectivity index (χ3n) is 5.98. The number of hydrogen-bond donors (Lipinski definition) is 3. The van der Waals surface area contributed by atoms with E-state index in [1.807, 2.05) is 24.3 Å². The molecule has 0 spiro atoms. The summed E-state index contributed by atoms with van der Waals surface area (Å²) in [6, 6.07) is 17.4. The largest absolute Gasteiger partial charge is 0.497 e. The van der Waals surface area contributed by atoms with Crippen molar-refractivity contribution in [1.82, 2.24) is 10.6 Å². The fraction of sp³-hybridized carbons (Fsp3) is 0.267. The molecule has 11 nitrogen and oxygen atoms in total. The Morgan fingerprint density at radius 1 is 0.714 bits per heavy atom. The number of carboxylic acids is 1. The van der Waals surface area contributed by atoms with Crippen molar-refractivity contribution in [3.8, 4) is 23.0 Å². The highest BCUT2D eigenvalue weighted by Crippen LogP contribution is 2.39. The van der Waals surface area contributed by atoms with E-state index in [1.165, 1.54) is 12.1 Å². The lowest BCUT2D eigenvalue weighted by Crippen LogP contribution is -2.33. The molecular weight excluding hydrogens is 568 g/mol. The van der Waals surface area contributed by atoms with Crippen molar-refractivity contribution in [1.29, 1.82) is 0 Å². The van der Waals surface area contributed by atoms with E-state index in [0.29, 0.717) is 24.3 Å². The van der Waals surface area contributed by atoms with Crippen molar-refractivity contribution in [2.24, 2.45) is 0 Å². The summed E-state index contributed by atoms with van der Waals surface area (Å²) in [5.41, 5.74) is 1.60. The summed E-state index contributed by atoms with van der Waals surface area (Å²) in [6.45, 7) is 0.535. The van der Waals surface area contributed by atoms with Crippen LogP contribution in [0.15, 0.2) is 60.7 Å². The Hall–Kier alpha value is -4.77. The van der Waals surface area contributed by atoms with E-state index >= 15 is 0 Å². The van der Waals surface area contributed by atoms with Crippen molar-refractivity contribution < 1.29 is 43.2 Å². The van der Waals surface area contributed by atoms with Crippen LogP contribution in [-0.2, 0) is 27.6 Å². The number of halogens is 1. The van der Waals surface area contributed by atoms with Crippen LogP contribution >= 0.6 is 11.6 Å². The van der Waals surface area contributed by atoms with Gasteiger partial charge in [-0.2, -0.15) is 0 Å². The van der Waals surface area contributed by atoms with E-state index in [-0.39, 0.29) is 48.4 Å². The van der Waals surface area contributed by atoms with Gasteiger partial charge in [0.15, 0.2) is 11.5 Å². The van der Waals surface area contributed by atoms with Gasteiger partial charge in [-0.15, -0.1) is 0 Å². The summed E-state index contributed by atoms with van der Waals surface area (Å²) in [7, 11) is 3.15. The number of Topliss-reactive ketones (excluding diaryl/α,β-unsaturated/α-hetero) is 1. The van der Waals surface area contributed by atoms with Gasteiger partial charge < -0.3 is 34.7 Å². The molecule has 0 aliphatic heterocycles. The Balaban J connectivity index is 1.70. The van der Waals surface area contributed by atoms with Gasteiger partial charge in [0, 0.05) is 13.1 Å². The molecule has 0 unspecified atom stereocenters. The van der Waals surface area contributed by atoms with Crippen LogP contribution in [0.1, 0.15) is 34.3 Å². The van der Waals surface area contributed by atoms with E-state index < -0.39 is 23.6 Å². The first-order valence-corrected chi connectivity index (χ1v) is 13.3. The van der Waals surface area contributed by atoms with E-state index in [1.54, 1.807) is 38.5 Å². The number of nitrogens with one attached hydrogen (secondary N) is 2. The maximum absolute atomic E-state index is 13.0. The molecule has 0 aliphatic carbocycles. The molecule has 0 aromatic heterocycles. The minimum atomic E-state index is -1.57. The highest BCUT2D eigenvalue weighted by molar-refractivity contribution is 6.47. The summed E-state index contributed by atoms with van der Waals surface area (Å²) in [5.74, 6) is -2.64. The molecule has 0 atom stereocenters. The molecule has 12 heteroatoms. The van der Waals surface area contributed by atoms with Gasteiger partial charge in [-0.05, 0) is 60.4 Å². The standard InChI is InChI=1S/C30H31ClN2O9/c1-39-21-9-5-19(6-10-21)17-41-24-14-13-23(25(31)27(24)42-18-20-7-11-22(40-2)12-8-20)26(34)28(35)32-15-3-4-16-33-29(36)30(37)38/h5-14H,3-4,15-18H2,1-2H3,(H,32,35)(H,33,36)(H,37,38). The minimum absolute atomic E-state index is 0.0654.